The predicted octanol–water partition coefficient (Wildman–Crippen LogP) is 5.34. The Morgan fingerprint density at radius 1 is 1.09 bits per heavy atom. The molecule has 0 aromatic heterocycles. The minimum Gasteiger partial charge on any atom is -0.488 e. The van der Waals surface area contributed by atoms with Crippen molar-refractivity contribution in [3.8, 4) is 5.75 Å². The molecule has 0 atom stereocenters. The number of amides is 1. The molecule has 1 fully saturated rings. The summed E-state index contributed by atoms with van der Waals surface area (Å²) in [5, 5.41) is 9.51. The number of halogens is 1. The molecule has 1 aliphatic heterocycles. The lowest BCUT2D eigenvalue weighted by atomic mass is 10.1. The summed E-state index contributed by atoms with van der Waals surface area (Å²) in [7, 11) is 1.64. The fourth-order valence-corrected chi connectivity index (χ4v) is 4.03. The Balaban J connectivity index is 1.53. The van der Waals surface area contributed by atoms with E-state index in [-0.39, 0.29) is 23.9 Å². The molecule has 1 aliphatic rings. The topological polar surface area (TPSA) is 79.2 Å². The number of ether oxygens (including phenoxy) is 1. The number of carboxylic acids is 1. The van der Waals surface area contributed by atoms with Crippen LogP contribution in [0.2, 0.25) is 0 Å². The van der Waals surface area contributed by atoms with Gasteiger partial charge in [-0.25, -0.2) is 14.2 Å². The maximum atomic E-state index is 13.1. The van der Waals surface area contributed by atoms with Crippen molar-refractivity contribution in [3.63, 3.8) is 0 Å². The Kier molecular flexibility index (Phi) is 6.55. The number of carbonyl (C=O) groups is 2. The van der Waals surface area contributed by atoms with Gasteiger partial charge < -0.3 is 9.84 Å². The number of thioether (sulfide) groups is 1. The molecule has 0 aliphatic carbocycles. The molecule has 33 heavy (non-hydrogen) atoms. The number of aromatic carboxylic acids is 1. The Morgan fingerprint density at radius 3 is 2.48 bits per heavy atom. The number of likely N-dealkylation sites (N-methyl/N-ethyl adjacent to an activating group) is 1. The molecule has 4 rings (SSSR count). The summed E-state index contributed by atoms with van der Waals surface area (Å²) >= 11 is 1.23. The Labute approximate surface area is 194 Å². The number of aliphatic imine (C=N–C) groups is 1. The van der Waals surface area contributed by atoms with E-state index in [1.807, 2.05) is 24.3 Å². The molecule has 1 saturated heterocycles. The smallest absolute Gasteiger partial charge is 0.335 e. The molecule has 8 heteroatoms. The maximum Gasteiger partial charge on any atom is 0.335 e. The van der Waals surface area contributed by atoms with Crippen LogP contribution in [-0.2, 0) is 11.4 Å². The van der Waals surface area contributed by atoms with E-state index in [1.54, 1.807) is 37.4 Å². The number of nitrogens with zero attached hydrogens (tertiary/aromatic N) is 2. The highest BCUT2D eigenvalue weighted by Gasteiger charge is 2.30. The van der Waals surface area contributed by atoms with E-state index in [9.17, 15) is 14.0 Å². The van der Waals surface area contributed by atoms with Crippen molar-refractivity contribution in [1.29, 1.82) is 0 Å². The van der Waals surface area contributed by atoms with Gasteiger partial charge in [-0.3, -0.25) is 9.69 Å². The molecule has 166 valence electrons. The van der Waals surface area contributed by atoms with Gasteiger partial charge in [-0.05, 0) is 65.9 Å². The Morgan fingerprint density at radius 2 is 1.79 bits per heavy atom. The van der Waals surface area contributed by atoms with Crippen LogP contribution in [0.5, 0.6) is 5.75 Å². The normalized spacial score (nSPS) is 15.9. The third-order valence-corrected chi connectivity index (χ3v) is 5.92. The maximum absolute atomic E-state index is 13.1. The van der Waals surface area contributed by atoms with E-state index < -0.39 is 5.97 Å². The minimum atomic E-state index is -1.01. The summed E-state index contributed by atoms with van der Waals surface area (Å²) in [4.78, 5) is 30.2. The van der Waals surface area contributed by atoms with Crippen LogP contribution in [0, 0.1) is 5.82 Å². The molecule has 0 unspecified atom stereocenters. The largest absolute Gasteiger partial charge is 0.488 e. The van der Waals surface area contributed by atoms with Crippen LogP contribution in [0.15, 0.2) is 82.7 Å². The average molecular weight is 463 g/mol. The second-order valence-corrected chi connectivity index (χ2v) is 8.18. The number of rotatable bonds is 6. The van der Waals surface area contributed by atoms with Gasteiger partial charge in [0.1, 0.15) is 18.2 Å². The number of carbonyl (C=O) groups excluding carboxylic acids is 1. The van der Waals surface area contributed by atoms with Crippen molar-refractivity contribution in [2.45, 2.75) is 6.61 Å². The fraction of sp³-hybridized carbons (Fsp3) is 0.0800. The SMILES string of the molecule is CN1C(=O)/C(=C/c2ccccc2OCc2ccc(F)cc2)SC1=Nc1ccc(C(=O)O)cc1. The van der Waals surface area contributed by atoms with Crippen LogP contribution >= 0.6 is 11.8 Å². The van der Waals surface area contributed by atoms with E-state index in [0.29, 0.717) is 21.5 Å². The minimum absolute atomic E-state index is 0.167. The molecule has 0 bridgehead atoms. The van der Waals surface area contributed by atoms with Gasteiger partial charge in [0.15, 0.2) is 5.17 Å². The lowest BCUT2D eigenvalue weighted by molar-refractivity contribution is -0.121. The fourth-order valence-electron chi connectivity index (χ4n) is 3.05. The summed E-state index contributed by atoms with van der Waals surface area (Å²) < 4.78 is 19.0. The first kappa shape index (κ1) is 22.3. The van der Waals surface area contributed by atoms with E-state index in [4.69, 9.17) is 9.84 Å². The summed E-state index contributed by atoms with van der Waals surface area (Å²) in [6, 6.07) is 19.5. The number of para-hydroxylation sites is 1. The molecule has 6 nitrogen and oxygen atoms in total. The quantitative estimate of drug-likeness (QED) is 0.501. The monoisotopic (exact) mass is 462 g/mol. The Hall–Kier alpha value is -3.91. The molecule has 1 amide bonds. The summed E-state index contributed by atoms with van der Waals surface area (Å²) in [5.74, 6) is -0.920. The van der Waals surface area contributed by atoms with Crippen molar-refractivity contribution in [2.24, 2.45) is 4.99 Å². The van der Waals surface area contributed by atoms with Gasteiger partial charge >= 0.3 is 5.97 Å². The van der Waals surface area contributed by atoms with Crippen molar-refractivity contribution in [2.75, 3.05) is 7.05 Å². The van der Waals surface area contributed by atoms with Crippen molar-refractivity contribution in [3.05, 3.63) is 100 Å². The zero-order chi connectivity index (χ0) is 23.4. The van der Waals surface area contributed by atoms with Gasteiger partial charge in [0.05, 0.1) is 16.2 Å². The van der Waals surface area contributed by atoms with Gasteiger partial charge in [0.2, 0.25) is 0 Å². The van der Waals surface area contributed by atoms with Crippen LogP contribution in [-0.4, -0.2) is 34.1 Å². The van der Waals surface area contributed by atoms with Crippen molar-refractivity contribution in [1.82, 2.24) is 4.90 Å². The molecule has 1 N–H and O–H groups in total. The first-order chi connectivity index (χ1) is 15.9. The Bertz CT molecular complexity index is 1250. The van der Waals surface area contributed by atoms with Gasteiger partial charge in [-0.2, -0.15) is 0 Å². The number of hydrogen-bond acceptors (Lipinski definition) is 5. The zero-order valence-electron chi connectivity index (χ0n) is 17.6. The second kappa shape index (κ2) is 9.70. The second-order valence-electron chi connectivity index (χ2n) is 7.17. The molecule has 1 heterocycles. The highest BCUT2D eigenvalue weighted by atomic mass is 32.2. The standard InChI is InChI=1S/C25H19FN2O4S/c1-28-23(29)22(33-25(28)27-20-12-8-17(9-13-20)24(30)31)14-18-4-2-3-5-21(18)32-15-16-6-10-19(26)11-7-16/h2-14H,15H2,1H3,(H,30,31)/b22-14-,27-25?. The van der Waals surface area contributed by atoms with Crippen LogP contribution < -0.4 is 4.74 Å². The number of amidine groups is 1. The molecule has 3 aromatic rings. The van der Waals surface area contributed by atoms with Crippen molar-refractivity contribution >= 4 is 40.6 Å². The predicted molar refractivity (Wildman–Crippen MR) is 126 cm³/mol. The van der Waals surface area contributed by atoms with Gasteiger partial charge in [0.25, 0.3) is 5.91 Å². The molecular weight excluding hydrogens is 443 g/mol. The van der Waals surface area contributed by atoms with Crippen LogP contribution in [0.4, 0.5) is 10.1 Å². The number of benzene rings is 3. The zero-order valence-corrected chi connectivity index (χ0v) is 18.4. The first-order valence-electron chi connectivity index (χ1n) is 9.96. The summed E-state index contributed by atoms with van der Waals surface area (Å²) in [5.41, 5.74) is 2.27. The van der Waals surface area contributed by atoms with E-state index in [2.05, 4.69) is 4.99 Å². The lowest BCUT2D eigenvalue weighted by Crippen LogP contribution is -2.23. The van der Waals surface area contributed by atoms with Gasteiger partial charge in [0, 0.05) is 12.6 Å². The summed E-state index contributed by atoms with van der Waals surface area (Å²) in [6.07, 6.45) is 1.75. The molecule has 3 aromatic carbocycles. The summed E-state index contributed by atoms with van der Waals surface area (Å²) in [6.45, 7) is 0.264. The van der Waals surface area contributed by atoms with Crippen LogP contribution in [0.25, 0.3) is 6.08 Å². The van der Waals surface area contributed by atoms with Gasteiger partial charge in [-0.1, -0.05) is 30.3 Å². The van der Waals surface area contributed by atoms with E-state index >= 15 is 0 Å². The molecule has 0 saturated carbocycles. The van der Waals surface area contributed by atoms with E-state index in [1.165, 1.54) is 40.9 Å². The third kappa shape index (κ3) is 5.30. The first-order valence-corrected chi connectivity index (χ1v) is 10.8. The average Bonchev–Trinajstić information content (AvgIpc) is 3.07. The van der Waals surface area contributed by atoms with Crippen LogP contribution in [0.3, 0.4) is 0 Å². The lowest BCUT2D eigenvalue weighted by Gasteiger charge is -2.10. The molecule has 0 spiro atoms. The van der Waals surface area contributed by atoms with Crippen LogP contribution in [0.1, 0.15) is 21.5 Å². The molecular formula is C25H19FN2O4S. The number of carboxylic acid groups (broad SMARTS) is 1. The van der Waals surface area contributed by atoms with Crippen molar-refractivity contribution < 1.29 is 23.8 Å². The third-order valence-electron chi connectivity index (χ3n) is 4.86. The van der Waals surface area contributed by atoms with E-state index in [0.717, 1.165) is 11.1 Å². The number of hydrogen-bond donors (Lipinski definition) is 1. The highest BCUT2D eigenvalue weighted by Crippen LogP contribution is 2.34. The molecule has 0 radical (unpaired) electrons. The van der Waals surface area contributed by atoms with Gasteiger partial charge in [-0.15, -0.1) is 0 Å². The highest BCUT2D eigenvalue weighted by molar-refractivity contribution is 8.18.